The Labute approximate surface area is 98.0 Å². The van der Waals surface area contributed by atoms with Gasteiger partial charge in [0.2, 0.25) is 0 Å². The van der Waals surface area contributed by atoms with E-state index in [0.29, 0.717) is 6.54 Å². The Morgan fingerprint density at radius 2 is 2.06 bits per heavy atom. The topological polar surface area (TPSA) is 47.3 Å². The van der Waals surface area contributed by atoms with Crippen LogP contribution in [0.4, 0.5) is 5.69 Å². The Bertz CT molecular complexity index is 348. The van der Waals surface area contributed by atoms with Gasteiger partial charge in [0.1, 0.15) is 5.75 Å². The van der Waals surface area contributed by atoms with Gasteiger partial charge in [0.15, 0.2) is 0 Å². The summed E-state index contributed by atoms with van der Waals surface area (Å²) in [6, 6.07) is 6.20. The number of nitrogens with two attached hydrogens (primary N) is 1. The molecular formula is C13H22N2O. The highest BCUT2D eigenvalue weighted by molar-refractivity contribution is 5.59. The number of benzene rings is 1. The molecule has 0 unspecified atom stereocenters. The molecule has 0 amide bonds. The van der Waals surface area contributed by atoms with Crippen LogP contribution in [-0.4, -0.2) is 19.2 Å². The summed E-state index contributed by atoms with van der Waals surface area (Å²) >= 11 is 0. The largest absolute Gasteiger partial charge is 0.495 e. The minimum Gasteiger partial charge on any atom is -0.495 e. The summed E-state index contributed by atoms with van der Waals surface area (Å²) in [5.74, 6) is 0.860. The third-order valence-corrected chi connectivity index (χ3v) is 2.66. The molecule has 3 heteroatoms. The van der Waals surface area contributed by atoms with E-state index in [9.17, 15) is 0 Å². The lowest BCUT2D eigenvalue weighted by atomic mass is 10.0. The van der Waals surface area contributed by atoms with Crippen LogP contribution in [0.15, 0.2) is 18.2 Å². The fourth-order valence-corrected chi connectivity index (χ4v) is 1.49. The number of hydrogen-bond donors (Lipinski definition) is 2. The first-order valence-corrected chi connectivity index (χ1v) is 5.67. The maximum Gasteiger partial charge on any atom is 0.141 e. The molecule has 0 saturated carbocycles. The summed E-state index contributed by atoms with van der Waals surface area (Å²) in [7, 11) is 1.68. The second-order valence-electron chi connectivity index (χ2n) is 4.60. The smallest absolute Gasteiger partial charge is 0.141 e. The first kappa shape index (κ1) is 12.8. The monoisotopic (exact) mass is 222 g/mol. The van der Waals surface area contributed by atoms with Crippen LogP contribution >= 0.6 is 0 Å². The zero-order valence-electron chi connectivity index (χ0n) is 10.6. The first-order chi connectivity index (χ1) is 7.52. The van der Waals surface area contributed by atoms with E-state index in [1.807, 2.05) is 6.07 Å². The molecule has 0 aliphatic carbocycles. The van der Waals surface area contributed by atoms with Crippen LogP contribution in [0.25, 0.3) is 0 Å². The van der Waals surface area contributed by atoms with E-state index >= 15 is 0 Å². The maximum absolute atomic E-state index is 5.71. The van der Waals surface area contributed by atoms with Crippen molar-refractivity contribution in [2.75, 3.05) is 19.0 Å². The fourth-order valence-electron chi connectivity index (χ4n) is 1.49. The summed E-state index contributed by atoms with van der Waals surface area (Å²) in [5.41, 5.74) is 7.89. The lowest BCUT2D eigenvalue weighted by Crippen LogP contribution is -2.39. The van der Waals surface area contributed by atoms with Crippen molar-refractivity contribution in [1.82, 2.24) is 0 Å². The molecule has 0 bridgehead atoms. The molecule has 3 N–H and O–H groups in total. The first-order valence-electron chi connectivity index (χ1n) is 5.67. The molecule has 0 heterocycles. The summed E-state index contributed by atoms with van der Waals surface area (Å²) in [6.07, 6.45) is 1.02. The Balaban J connectivity index is 3.00. The van der Waals surface area contributed by atoms with E-state index in [1.54, 1.807) is 7.11 Å². The average Bonchev–Trinajstić information content (AvgIpc) is 2.28. The Morgan fingerprint density at radius 3 is 2.56 bits per heavy atom. The van der Waals surface area contributed by atoms with Gasteiger partial charge in [-0.25, -0.2) is 0 Å². The molecule has 0 saturated heterocycles. The quantitative estimate of drug-likeness (QED) is 0.804. The van der Waals surface area contributed by atoms with Crippen LogP contribution in [0.3, 0.4) is 0 Å². The molecule has 16 heavy (non-hydrogen) atoms. The Kier molecular flexibility index (Phi) is 4.19. The predicted octanol–water partition coefficient (Wildman–Crippen LogP) is 2.41. The molecule has 0 radical (unpaired) electrons. The van der Waals surface area contributed by atoms with Gasteiger partial charge in [0.05, 0.1) is 12.8 Å². The minimum atomic E-state index is -0.125. The molecule has 0 spiro atoms. The van der Waals surface area contributed by atoms with Gasteiger partial charge >= 0.3 is 0 Å². The summed E-state index contributed by atoms with van der Waals surface area (Å²) in [4.78, 5) is 0. The highest BCUT2D eigenvalue weighted by Crippen LogP contribution is 2.28. The summed E-state index contributed by atoms with van der Waals surface area (Å²) in [6.45, 7) is 6.86. The lowest BCUT2D eigenvalue weighted by molar-refractivity contribution is 0.414. The van der Waals surface area contributed by atoms with E-state index in [0.717, 1.165) is 17.9 Å². The second-order valence-corrected chi connectivity index (χ2v) is 4.60. The second kappa shape index (κ2) is 5.21. The van der Waals surface area contributed by atoms with Gasteiger partial charge in [0, 0.05) is 12.1 Å². The van der Waals surface area contributed by atoms with Crippen molar-refractivity contribution in [2.45, 2.75) is 32.7 Å². The standard InChI is InChI=1S/C13H22N2O/c1-5-10-6-7-12(16-4)11(8-10)15-13(2,3)9-14/h6-8,15H,5,9,14H2,1-4H3. The van der Waals surface area contributed by atoms with Crippen molar-refractivity contribution in [1.29, 1.82) is 0 Å². The number of hydrogen-bond acceptors (Lipinski definition) is 3. The van der Waals surface area contributed by atoms with Gasteiger partial charge in [-0.3, -0.25) is 0 Å². The molecule has 1 aromatic carbocycles. The van der Waals surface area contributed by atoms with Crippen molar-refractivity contribution < 1.29 is 4.74 Å². The summed E-state index contributed by atoms with van der Waals surface area (Å²) < 4.78 is 5.33. The minimum absolute atomic E-state index is 0.125. The molecule has 1 aromatic rings. The molecular weight excluding hydrogens is 200 g/mol. The molecule has 0 fully saturated rings. The van der Waals surface area contributed by atoms with Crippen LogP contribution in [0.5, 0.6) is 5.75 Å². The van der Waals surface area contributed by atoms with Crippen molar-refractivity contribution in [3.8, 4) is 5.75 Å². The molecule has 0 aromatic heterocycles. The van der Waals surface area contributed by atoms with E-state index in [1.165, 1.54) is 5.56 Å². The van der Waals surface area contributed by atoms with E-state index in [2.05, 4.69) is 38.2 Å². The number of nitrogens with one attached hydrogen (secondary N) is 1. The highest BCUT2D eigenvalue weighted by atomic mass is 16.5. The van der Waals surface area contributed by atoms with Crippen LogP contribution < -0.4 is 15.8 Å². The van der Waals surface area contributed by atoms with Crippen LogP contribution in [0.1, 0.15) is 26.3 Å². The Hall–Kier alpha value is -1.22. The van der Waals surface area contributed by atoms with E-state index < -0.39 is 0 Å². The van der Waals surface area contributed by atoms with Gasteiger partial charge in [-0.05, 0) is 38.0 Å². The number of methoxy groups -OCH3 is 1. The molecule has 90 valence electrons. The number of rotatable bonds is 5. The van der Waals surface area contributed by atoms with Crippen LogP contribution in [0, 0.1) is 0 Å². The summed E-state index contributed by atoms with van der Waals surface area (Å²) in [5, 5.41) is 3.41. The highest BCUT2D eigenvalue weighted by Gasteiger charge is 2.17. The van der Waals surface area contributed by atoms with E-state index in [4.69, 9.17) is 10.5 Å². The fraction of sp³-hybridized carbons (Fsp3) is 0.538. The third kappa shape index (κ3) is 3.14. The SMILES string of the molecule is CCc1ccc(OC)c(NC(C)(C)CN)c1. The van der Waals surface area contributed by atoms with Gasteiger partial charge in [-0.15, -0.1) is 0 Å². The lowest BCUT2D eigenvalue weighted by Gasteiger charge is -2.27. The maximum atomic E-state index is 5.71. The average molecular weight is 222 g/mol. The van der Waals surface area contributed by atoms with Gasteiger partial charge in [0.25, 0.3) is 0 Å². The molecule has 3 nitrogen and oxygen atoms in total. The van der Waals surface area contributed by atoms with Crippen molar-refractivity contribution in [2.24, 2.45) is 5.73 Å². The Morgan fingerprint density at radius 1 is 1.38 bits per heavy atom. The van der Waals surface area contributed by atoms with Gasteiger partial charge in [-0.2, -0.15) is 0 Å². The number of aryl methyl sites for hydroxylation is 1. The van der Waals surface area contributed by atoms with Crippen molar-refractivity contribution >= 4 is 5.69 Å². The van der Waals surface area contributed by atoms with Crippen molar-refractivity contribution in [3.05, 3.63) is 23.8 Å². The van der Waals surface area contributed by atoms with Gasteiger partial charge in [-0.1, -0.05) is 13.0 Å². The van der Waals surface area contributed by atoms with Crippen molar-refractivity contribution in [3.63, 3.8) is 0 Å². The third-order valence-electron chi connectivity index (χ3n) is 2.66. The van der Waals surface area contributed by atoms with Gasteiger partial charge < -0.3 is 15.8 Å². The zero-order valence-corrected chi connectivity index (χ0v) is 10.6. The zero-order chi connectivity index (χ0) is 12.2. The van der Waals surface area contributed by atoms with E-state index in [-0.39, 0.29) is 5.54 Å². The predicted molar refractivity (Wildman–Crippen MR) is 69.1 cm³/mol. The van der Waals surface area contributed by atoms with Crippen LogP contribution in [0.2, 0.25) is 0 Å². The normalized spacial score (nSPS) is 11.3. The molecule has 0 aliphatic rings. The number of anilines is 1. The molecule has 1 rings (SSSR count). The number of ether oxygens (including phenoxy) is 1. The van der Waals surface area contributed by atoms with Crippen LogP contribution in [-0.2, 0) is 6.42 Å². The molecule has 0 atom stereocenters. The molecule has 0 aliphatic heterocycles.